The third kappa shape index (κ3) is 4.71. The number of pyridine rings is 1. The van der Waals surface area contributed by atoms with Gasteiger partial charge in [-0.2, -0.15) is 18.3 Å². The number of hydrogen-bond donors (Lipinski definition) is 0. The SMILES string of the molecule is CC(C)C(c1cnn(Cc2ccc(Cn3ccccc3=O)cc2)c1)C(F)(F)F. The van der Waals surface area contributed by atoms with Gasteiger partial charge in [-0.25, -0.2) is 0 Å². The molecular weight excluding hydrogens is 367 g/mol. The third-order valence-corrected chi connectivity index (χ3v) is 4.65. The van der Waals surface area contributed by atoms with E-state index in [9.17, 15) is 18.0 Å². The Kier molecular flexibility index (Phi) is 5.72. The number of aromatic nitrogens is 3. The molecule has 28 heavy (non-hydrogen) atoms. The molecule has 148 valence electrons. The smallest absolute Gasteiger partial charge is 0.311 e. The maximum atomic E-state index is 13.3. The molecule has 1 aromatic carbocycles. The van der Waals surface area contributed by atoms with Crippen LogP contribution in [0.25, 0.3) is 0 Å². The number of rotatable bonds is 6. The van der Waals surface area contributed by atoms with Crippen LogP contribution in [0.5, 0.6) is 0 Å². The Labute approximate surface area is 161 Å². The summed E-state index contributed by atoms with van der Waals surface area (Å²) in [5.74, 6) is -2.08. The van der Waals surface area contributed by atoms with Crippen LogP contribution < -0.4 is 5.56 Å². The highest BCUT2D eigenvalue weighted by Gasteiger charge is 2.43. The van der Waals surface area contributed by atoms with E-state index in [0.29, 0.717) is 13.1 Å². The van der Waals surface area contributed by atoms with Gasteiger partial charge in [0.05, 0.1) is 25.2 Å². The van der Waals surface area contributed by atoms with Gasteiger partial charge in [0.15, 0.2) is 0 Å². The largest absolute Gasteiger partial charge is 0.396 e. The zero-order valence-corrected chi connectivity index (χ0v) is 15.7. The summed E-state index contributed by atoms with van der Waals surface area (Å²) in [6.45, 7) is 3.97. The van der Waals surface area contributed by atoms with Gasteiger partial charge < -0.3 is 4.57 Å². The van der Waals surface area contributed by atoms with Gasteiger partial charge in [-0.05, 0) is 23.1 Å². The molecule has 0 aliphatic heterocycles. The lowest BCUT2D eigenvalue weighted by molar-refractivity contribution is -0.159. The summed E-state index contributed by atoms with van der Waals surface area (Å²) in [5, 5.41) is 4.10. The van der Waals surface area contributed by atoms with Crippen LogP contribution in [0.4, 0.5) is 13.2 Å². The van der Waals surface area contributed by atoms with Crippen LogP contribution in [-0.4, -0.2) is 20.5 Å². The number of alkyl halides is 3. The molecule has 0 saturated heterocycles. The highest BCUT2D eigenvalue weighted by molar-refractivity contribution is 5.24. The standard InChI is InChI=1S/C21H22F3N3O/c1-15(2)20(21(22,23)24)18-11-25-27(14-18)13-17-8-6-16(7-9-17)12-26-10-4-3-5-19(26)28/h3-11,14-15,20H,12-13H2,1-2H3. The minimum Gasteiger partial charge on any atom is -0.311 e. The lowest BCUT2D eigenvalue weighted by Crippen LogP contribution is -2.25. The monoisotopic (exact) mass is 389 g/mol. The molecule has 0 fully saturated rings. The van der Waals surface area contributed by atoms with E-state index in [0.717, 1.165) is 11.1 Å². The topological polar surface area (TPSA) is 39.8 Å². The zero-order valence-electron chi connectivity index (χ0n) is 15.7. The Balaban J connectivity index is 1.70. The maximum absolute atomic E-state index is 13.3. The van der Waals surface area contributed by atoms with Crippen molar-refractivity contribution in [3.8, 4) is 0 Å². The van der Waals surface area contributed by atoms with Crippen LogP contribution in [0.3, 0.4) is 0 Å². The Morgan fingerprint density at radius 3 is 2.21 bits per heavy atom. The predicted molar refractivity (Wildman–Crippen MR) is 101 cm³/mol. The van der Waals surface area contributed by atoms with E-state index in [-0.39, 0.29) is 11.1 Å². The van der Waals surface area contributed by atoms with Crippen molar-refractivity contribution < 1.29 is 13.2 Å². The normalized spacial score (nSPS) is 13.1. The molecule has 1 atom stereocenters. The summed E-state index contributed by atoms with van der Waals surface area (Å²) in [7, 11) is 0. The van der Waals surface area contributed by atoms with Gasteiger partial charge >= 0.3 is 6.18 Å². The van der Waals surface area contributed by atoms with Gasteiger partial charge in [0, 0.05) is 24.0 Å². The van der Waals surface area contributed by atoms with Crippen molar-refractivity contribution in [2.24, 2.45) is 5.92 Å². The molecule has 7 heteroatoms. The fourth-order valence-corrected chi connectivity index (χ4v) is 3.30. The van der Waals surface area contributed by atoms with Crippen LogP contribution >= 0.6 is 0 Å². The van der Waals surface area contributed by atoms with E-state index < -0.39 is 18.0 Å². The van der Waals surface area contributed by atoms with Crippen molar-refractivity contribution in [1.29, 1.82) is 0 Å². The Morgan fingerprint density at radius 1 is 1.00 bits per heavy atom. The first-order chi connectivity index (χ1) is 13.2. The zero-order chi connectivity index (χ0) is 20.3. The molecule has 0 spiro atoms. The van der Waals surface area contributed by atoms with E-state index in [1.54, 1.807) is 36.7 Å². The van der Waals surface area contributed by atoms with Gasteiger partial charge in [0.25, 0.3) is 5.56 Å². The molecular formula is C21H22F3N3O. The minimum absolute atomic E-state index is 0.0694. The van der Waals surface area contributed by atoms with E-state index in [1.165, 1.54) is 23.1 Å². The first kappa shape index (κ1) is 19.9. The molecule has 0 saturated carbocycles. The van der Waals surface area contributed by atoms with Crippen molar-refractivity contribution >= 4 is 0 Å². The quantitative estimate of drug-likeness (QED) is 0.625. The molecule has 0 aliphatic rings. The summed E-state index contributed by atoms with van der Waals surface area (Å²) in [5.41, 5.74) is 2.00. The highest BCUT2D eigenvalue weighted by Crippen LogP contribution is 2.39. The molecule has 4 nitrogen and oxygen atoms in total. The fourth-order valence-electron chi connectivity index (χ4n) is 3.30. The molecule has 3 rings (SSSR count). The summed E-state index contributed by atoms with van der Waals surface area (Å²) in [6, 6.07) is 12.6. The lowest BCUT2D eigenvalue weighted by Gasteiger charge is -2.22. The second kappa shape index (κ2) is 8.04. The van der Waals surface area contributed by atoms with E-state index in [2.05, 4.69) is 5.10 Å². The number of nitrogens with zero attached hydrogens (tertiary/aromatic N) is 3. The van der Waals surface area contributed by atoms with Crippen LogP contribution in [0.1, 0.15) is 36.5 Å². The van der Waals surface area contributed by atoms with Gasteiger partial charge in [-0.1, -0.05) is 44.2 Å². The van der Waals surface area contributed by atoms with Gasteiger partial charge in [0.2, 0.25) is 0 Å². The molecule has 0 bridgehead atoms. The molecule has 2 heterocycles. The average molecular weight is 389 g/mol. The van der Waals surface area contributed by atoms with Crippen molar-refractivity contribution in [3.05, 3.63) is 88.1 Å². The van der Waals surface area contributed by atoms with Crippen LogP contribution in [0.15, 0.2) is 65.8 Å². The molecule has 0 amide bonds. The second-order valence-electron chi connectivity index (χ2n) is 7.22. The molecule has 3 aromatic rings. The van der Waals surface area contributed by atoms with E-state index in [1.807, 2.05) is 24.3 Å². The third-order valence-electron chi connectivity index (χ3n) is 4.65. The summed E-state index contributed by atoms with van der Waals surface area (Å²) < 4.78 is 43.0. The number of hydrogen-bond acceptors (Lipinski definition) is 2. The van der Waals surface area contributed by atoms with Crippen molar-refractivity contribution in [1.82, 2.24) is 14.3 Å². The van der Waals surface area contributed by atoms with E-state index >= 15 is 0 Å². The molecule has 2 aromatic heterocycles. The van der Waals surface area contributed by atoms with Crippen molar-refractivity contribution in [2.75, 3.05) is 0 Å². The number of benzene rings is 1. The minimum atomic E-state index is -4.29. The summed E-state index contributed by atoms with van der Waals surface area (Å²) >= 11 is 0. The molecule has 0 aliphatic carbocycles. The first-order valence-electron chi connectivity index (χ1n) is 9.06. The Hall–Kier alpha value is -2.83. The number of halogens is 3. The van der Waals surface area contributed by atoms with Crippen LogP contribution in [-0.2, 0) is 13.1 Å². The summed E-state index contributed by atoms with van der Waals surface area (Å²) in [6.07, 6.45) is 0.205. The van der Waals surface area contributed by atoms with Crippen molar-refractivity contribution in [2.45, 2.75) is 39.0 Å². The predicted octanol–water partition coefficient (Wildman–Crippen LogP) is 4.44. The lowest BCUT2D eigenvalue weighted by atomic mass is 9.90. The average Bonchev–Trinajstić information content (AvgIpc) is 3.04. The molecule has 1 unspecified atom stereocenters. The first-order valence-corrected chi connectivity index (χ1v) is 9.06. The molecule has 0 radical (unpaired) electrons. The second-order valence-corrected chi connectivity index (χ2v) is 7.22. The van der Waals surface area contributed by atoms with E-state index in [4.69, 9.17) is 0 Å². The van der Waals surface area contributed by atoms with Gasteiger partial charge in [-0.3, -0.25) is 9.48 Å². The van der Waals surface area contributed by atoms with Crippen LogP contribution in [0, 0.1) is 5.92 Å². The Morgan fingerprint density at radius 2 is 1.64 bits per heavy atom. The van der Waals surface area contributed by atoms with Gasteiger partial charge in [-0.15, -0.1) is 0 Å². The maximum Gasteiger partial charge on any atom is 0.396 e. The fraction of sp³-hybridized carbons (Fsp3) is 0.333. The van der Waals surface area contributed by atoms with Crippen molar-refractivity contribution in [3.63, 3.8) is 0 Å². The summed E-state index contributed by atoms with van der Waals surface area (Å²) in [4.78, 5) is 11.8. The Bertz CT molecular complexity index is 971. The van der Waals surface area contributed by atoms with Gasteiger partial charge in [0.1, 0.15) is 0 Å². The molecule has 0 N–H and O–H groups in total. The highest BCUT2D eigenvalue weighted by atomic mass is 19.4. The van der Waals surface area contributed by atoms with Crippen LogP contribution in [0.2, 0.25) is 0 Å².